The molecule has 1 aromatic heterocycles. The van der Waals surface area contributed by atoms with E-state index in [2.05, 4.69) is 10.3 Å². The van der Waals surface area contributed by atoms with Crippen LogP contribution >= 0.6 is 0 Å². The fourth-order valence-electron chi connectivity index (χ4n) is 2.43. The number of para-hydroxylation sites is 1. The number of carbonyl (C=O) groups is 2. The molecule has 5 heteroatoms. The third-order valence-electron chi connectivity index (χ3n) is 3.65. The molecule has 0 saturated heterocycles. The average Bonchev–Trinajstić information content (AvgIpc) is 2.61. The SMILES string of the molecule is CN(Cc1ccccc1)C(=O)C(=O)Nc1cnc2ccccc2c1. The van der Waals surface area contributed by atoms with E-state index in [0.717, 1.165) is 16.5 Å². The molecule has 0 radical (unpaired) electrons. The van der Waals surface area contributed by atoms with Crippen molar-refractivity contribution in [2.24, 2.45) is 0 Å². The fraction of sp³-hybridized carbons (Fsp3) is 0.105. The number of fused-ring (bicyclic) bond motifs is 1. The first kappa shape index (κ1) is 15.7. The molecule has 120 valence electrons. The molecule has 0 saturated carbocycles. The van der Waals surface area contributed by atoms with Crippen LogP contribution in [0.1, 0.15) is 5.56 Å². The third-order valence-corrected chi connectivity index (χ3v) is 3.65. The summed E-state index contributed by atoms with van der Waals surface area (Å²) in [5.74, 6) is -1.27. The number of likely N-dealkylation sites (N-methyl/N-ethyl adjacent to an activating group) is 1. The zero-order valence-corrected chi connectivity index (χ0v) is 13.3. The van der Waals surface area contributed by atoms with E-state index in [9.17, 15) is 9.59 Å². The summed E-state index contributed by atoms with van der Waals surface area (Å²) in [6.45, 7) is 0.378. The Morgan fingerprint density at radius 2 is 1.75 bits per heavy atom. The number of amides is 2. The van der Waals surface area contributed by atoms with Gasteiger partial charge in [0.05, 0.1) is 17.4 Å². The summed E-state index contributed by atoms with van der Waals surface area (Å²) in [4.78, 5) is 30.0. The lowest BCUT2D eigenvalue weighted by Gasteiger charge is -2.16. The summed E-state index contributed by atoms with van der Waals surface area (Å²) >= 11 is 0. The number of benzene rings is 2. The van der Waals surface area contributed by atoms with E-state index in [1.54, 1.807) is 19.3 Å². The first-order valence-electron chi connectivity index (χ1n) is 7.58. The molecule has 0 bridgehead atoms. The molecule has 1 N–H and O–H groups in total. The number of hydrogen-bond acceptors (Lipinski definition) is 3. The van der Waals surface area contributed by atoms with Crippen LogP contribution in [0.3, 0.4) is 0 Å². The largest absolute Gasteiger partial charge is 0.333 e. The number of nitrogens with zero attached hydrogens (tertiary/aromatic N) is 2. The van der Waals surface area contributed by atoms with Crippen molar-refractivity contribution in [3.05, 3.63) is 72.4 Å². The van der Waals surface area contributed by atoms with Crippen molar-refractivity contribution in [1.29, 1.82) is 0 Å². The van der Waals surface area contributed by atoms with Gasteiger partial charge in [-0.1, -0.05) is 48.5 Å². The van der Waals surface area contributed by atoms with Gasteiger partial charge in [0, 0.05) is 19.0 Å². The summed E-state index contributed by atoms with van der Waals surface area (Å²) in [6.07, 6.45) is 1.55. The molecular formula is C19H17N3O2. The smallest absolute Gasteiger partial charge is 0.313 e. The van der Waals surface area contributed by atoms with Crippen LogP contribution in [0.5, 0.6) is 0 Å². The van der Waals surface area contributed by atoms with Gasteiger partial charge in [-0.25, -0.2) is 0 Å². The molecule has 0 atom stereocenters. The molecule has 0 aliphatic heterocycles. The van der Waals surface area contributed by atoms with Gasteiger partial charge in [-0.15, -0.1) is 0 Å². The highest BCUT2D eigenvalue weighted by Gasteiger charge is 2.19. The predicted octanol–water partition coefficient (Wildman–Crippen LogP) is 2.83. The Morgan fingerprint density at radius 1 is 1.04 bits per heavy atom. The minimum absolute atomic E-state index is 0.378. The van der Waals surface area contributed by atoms with Gasteiger partial charge in [-0.2, -0.15) is 0 Å². The number of rotatable bonds is 3. The molecule has 0 unspecified atom stereocenters. The topological polar surface area (TPSA) is 62.3 Å². The number of aromatic nitrogens is 1. The quantitative estimate of drug-likeness (QED) is 0.755. The maximum absolute atomic E-state index is 12.2. The van der Waals surface area contributed by atoms with Crippen molar-refractivity contribution >= 4 is 28.4 Å². The number of hydrogen-bond donors (Lipinski definition) is 1. The van der Waals surface area contributed by atoms with Crippen LogP contribution in [-0.4, -0.2) is 28.7 Å². The minimum atomic E-state index is -0.675. The normalized spacial score (nSPS) is 10.4. The summed E-state index contributed by atoms with van der Waals surface area (Å²) in [5, 5.41) is 3.51. The van der Waals surface area contributed by atoms with Crippen molar-refractivity contribution < 1.29 is 9.59 Å². The van der Waals surface area contributed by atoms with Gasteiger partial charge in [0.1, 0.15) is 0 Å². The first-order valence-corrected chi connectivity index (χ1v) is 7.58. The van der Waals surface area contributed by atoms with Gasteiger partial charge in [-0.05, 0) is 17.7 Å². The van der Waals surface area contributed by atoms with E-state index in [1.165, 1.54) is 4.90 Å². The number of nitrogens with one attached hydrogen (secondary N) is 1. The van der Waals surface area contributed by atoms with Crippen LogP contribution in [-0.2, 0) is 16.1 Å². The minimum Gasteiger partial charge on any atom is -0.333 e. The van der Waals surface area contributed by atoms with E-state index in [1.807, 2.05) is 54.6 Å². The van der Waals surface area contributed by atoms with Gasteiger partial charge < -0.3 is 10.2 Å². The molecule has 0 spiro atoms. The van der Waals surface area contributed by atoms with E-state index >= 15 is 0 Å². The van der Waals surface area contributed by atoms with Crippen molar-refractivity contribution in [2.75, 3.05) is 12.4 Å². The summed E-state index contributed by atoms with van der Waals surface area (Å²) in [5.41, 5.74) is 2.30. The highest BCUT2D eigenvalue weighted by Crippen LogP contribution is 2.16. The second-order valence-electron chi connectivity index (χ2n) is 5.52. The van der Waals surface area contributed by atoms with Crippen LogP contribution in [0.25, 0.3) is 10.9 Å². The van der Waals surface area contributed by atoms with Crippen LogP contribution in [0, 0.1) is 0 Å². The molecule has 24 heavy (non-hydrogen) atoms. The molecule has 5 nitrogen and oxygen atoms in total. The van der Waals surface area contributed by atoms with Crippen LogP contribution in [0.4, 0.5) is 5.69 Å². The summed E-state index contributed by atoms with van der Waals surface area (Å²) in [6, 6.07) is 18.9. The maximum atomic E-state index is 12.2. The van der Waals surface area contributed by atoms with Gasteiger partial charge in [-0.3, -0.25) is 14.6 Å². The molecule has 2 aromatic carbocycles. The molecular weight excluding hydrogens is 302 g/mol. The lowest BCUT2D eigenvalue weighted by Crippen LogP contribution is -2.36. The lowest BCUT2D eigenvalue weighted by atomic mass is 10.2. The summed E-state index contributed by atoms with van der Waals surface area (Å²) in [7, 11) is 1.60. The number of carbonyl (C=O) groups excluding carboxylic acids is 2. The van der Waals surface area contributed by atoms with Crippen molar-refractivity contribution in [3.63, 3.8) is 0 Å². The second-order valence-corrected chi connectivity index (χ2v) is 5.52. The highest BCUT2D eigenvalue weighted by atomic mass is 16.2. The second kappa shape index (κ2) is 6.91. The molecule has 3 aromatic rings. The first-order chi connectivity index (χ1) is 11.6. The van der Waals surface area contributed by atoms with Crippen LogP contribution in [0.2, 0.25) is 0 Å². The zero-order valence-electron chi connectivity index (χ0n) is 13.3. The Balaban J connectivity index is 1.67. The van der Waals surface area contributed by atoms with Crippen molar-refractivity contribution in [1.82, 2.24) is 9.88 Å². The van der Waals surface area contributed by atoms with Gasteiger partial charge in [0.15, 0.2) is 0 Å². The van der Waals surface area contributed by atoms with Gasteiger partial charge >= 0.3 is 11.8 Å². The van der Waals surface area contributed by atoms with E-state index < -0.39 is 11.8 Å². The van der Waals surface area contributed by atoms with Crippen molar-refractivity contribution in [3.8, 4) is 0 Å². The lowest BCUT2D eigenvalue weighted by molar-refractivity contribution is -0.142. The van der Waals surface area contributed by atoms with Crippen molar-refractivity contribution in [2.45, 2.75) is 6.54 Å². The van der Waals surface area contributed by atoms with Crippen LogP contribution < -0.4 is 5.32 Å². The Hall–Kier alpha value is -3.21. The monoisotopic (exact) mass is 319 g/mol. The molecule has 0 aliphatic rings. The number of pyridine rings is 1. The fourth-order valence-corrected chi connectivity index (χ4v) is 2.43. The van der Waals surface area contributed by atoms with Crippen LogP contribution in [0.15, 0.2) is 66.9 Å². The Morgan fingerprint density at radius 3 is 2.54 bits per heavy atom. The van der Waals surface area contributed by atoms with E-state index in [0.29, 0.717) is 12.2 Å². The third kappa shape index (κ3) is 3.57. The predicted molar refractivity (Wildman–Crippen MR) is 93.3 cm³/mol. The molecule has 0 aliphatic carbocycles. The molecule has 1 heterocycles. The molecule has 3 rings (SSSR count). The Labute approximate surface area is 139 Å². The Bertz CT molecular complexity index is 878. The Kier molecular flexibility index (Phi) is 4.52. The average molecular weight is 319 g/mol. The molecule has 2 amide bonds. The zero-order chi connectivity index (χ0) is 16.9. The summed E-state index contributed by atoms with van der Waals surface area (Å²) < 4.78 is 0. The molecule has 0 fully saturated rings. The highest BCUT2D eigenvalue weighted by molar-refractivity contribution is 6.39. The van der Waals surface area contributed by atoms with Gasteiger partial charge in [0.2, 0.25) is 0 Å². The van der Waals surface area contributed by atoms with E-state index in [-0.39, 0.29) is 0 Å². The standard InChI is InChI=1S/C19H17N3O2/c1-22(13-14-7-3-2-4-8-14)19(24)18(23)21-16-11-15-9-5-6-10-17(15)20-12-16/h2-12H,13H2,1H3,(H,21,23). The number of anilines is 1. The maximum Gasteiger partial charge on any atom is 0.313 e. The van der Waals surface area contributed by atoms with E-state index in [4.69, 9.17) is 0 Å². The van der Waals surface area contributed by atoms with Gasteiger partial charge in [0.25, 0.3) is 0 Å².